The number of rotatable bonds is 9. The Morgan fingerprint density at radius 2 is 1.87 bits per heavy atom. The Balaban J connectivity index is 1.50. The number of carbonyl (C=O) groups is 1. The van der Waals surface area contributed by atoms with Crippen LogP contribution in [0.5, 0.6) is 5.88 Å². The minimum Gasteiger partial charge on any atom is -0.475 e. The van der Waals surface area contributed by atoms with Gasteiger partial charge in [-0.15, -0.1) is 0 Å². The molecule has 39 heavy (non-hydrogen) atoms. The van der Waals surface area contributed by atoms with Crippen LogP contribution >= 0.6 is 0 Å². The molecule has 1 unspecified atom stereocenters. The average molecular weight is 558 g/mol. The van der Waals surface area contributed by atoms with Gasteiger partial charge < -0.3 is 19.1 Å². The summed E-state index contributed by atoms with van der Waals surface area (Å²) in [5.41, 5.74) is 5.03. The molecular weight excluding hydrogens is 518 g/mol. The summed E-state index contributed by atoms with van der Waals surface area (Å²) in [6.07, 6.45) is 2.96. The van der Waals surface area contributed by atoms with Crippen molar-refractivity contribution in [2.24, 2.45) is 0 Å². The first-order valence-corrected chi connectivity index (χ1v) is 14.7. The monoisotopic (exact) mass is 557 g/mol. The zero-order valence-electron chi connectivity index (χ0n) is 23.5. The molecule has 212 valence electrons. The van der Waals surface area contributed by atoms with Gasteiger partial charge in [0, 0.05) is 31.8 Å². The normalized spacial score (nSPS) is 19.3. The number of carbonyl (C=O) groups excluding carboxylic acids is 1. The number of esters is 1. The molecule has 4 rings (SSSR count). The molecule has 2 aliphatic heterocycles. The van der Waals surface area contributed by atoms with Gasteiger partial charge in [0.05, 0.1) is 18.9 Å². The lowest BCUT2D eigenvalue weighted by atomic mass is 9.95. The standard InChI is InChI=1S/C29H39N3O6S/c1-21-19-24(9-10-25(21)26-7-6-8-27(30-26)38-20-22(2)36-4)23-11-15-32(16-12-23)39(34,35)29(28(33)37-5)13-17-31(3)18-14-29/h6-11,19,22H,12-18,20H2,1-5H3. The molecule has 1 aromatic heterocycles. The Morgan fingerprint density at radius 3 is 2.49 bits per heavy atom. The molecule has 0 radical (unpaired) electrons. The predicted octanol–water partition coefficient (Wildman–Crippen LogP) is 3.53. The first kappa shape index (κ1) is 29.2. The van der Waals surface area contributed by atoms with E-state index >= 15 is 0 Å². The summed E-state index contributed by atoms with van der Waals surface area (Å²) in [5.74, 6) is -0.113. The predicted molar refractivity (Wildman–Crippen MR) is 151 cm³/mol. The second-order valence-corrected chi connectivity index (χ2v) is 12.6. The molecule has 1 aromatic carbocycles. The summed E-state index contributed by atoms with van der Waals surface area (Å²) in [7, 11) is 0.948. The number of hydrogen-bond acceptors (Lipinski definition) is 8. The SMILES string of the molecule is COC(=O)C1(S(=O)(=O)N2CC=C(c3ccc(-c4cccc(OCC(C)OC)n4)c(C)c3)CC2)CCN(C)CC1. The van der Waals surface area contributed by atoms with Crippen LogP contribution in [-0.2, 0) is 24.3 Å². The number of aryl methyl sites for hydroxylation is 1. The maximum Gasteiger partial charge on any atom is 0.328 e. The molecule has 0 aliphatic carbocycles. The highest BCUT2D eigenvalue weighted by atomic mass is 32.2. The molecule has 0 saturated carbocycles. The topological polar surface area (TPSA) is 98.3 Å². The molecule has 0 amide bonds. The maximum absolute atomic E-state index is 13.8. The number of piperidine rings is 1. The van der Waals surface area contributed by atoms with Gasteiger partial charge in [-0.3, -0.25) is 4.79 Å². The van der Waals surface area contributed by atoms with Crippen molar-refractivity contribution in [2.45, 2.75) is 44.0 Å². The van der Waals surface area contributed by atoms with Crippen molar-refractivity contribution >= 4 is 21.6 Å². The fourth-order valence-electron chi connectivity index (χ4n) is 5.18. The number of nitrogens with zero attached hydrogens (tertiary/aromatic N) is 3. The van der Waals surface area contributed by atoms with Gasteiger partial charge >= 0.3 is 5.97 Å². The summed E-state index contributed by atoms with van der Waals surface area (Å²) in [4.78, 5) is 19.5. The average Bonchev–Trinajstić information content (AvgIpc) is 2.96. The van der Waals surface area contributed by atoms with E-state index in [2.05, 4.69) is 11.1 Å². The minimum atomic E-state index is -3.89. The van der Waals surface area contributed by atoms with Crippen LogP contribution < -0.4 is 4.74 Å². The maximum atomic E-state index is 13.8. The summed E-state index contributed by atoms with van der Waals surface area (Å²) >= 11 is 0. The highest BCUT2D eigenvalue weighted by Gasteiger charge is 2.55. The zero-order chi connectivity index (χ0) is 28.2. The van der Waals surface area contributed by atoms with Crippen molar-refractivity contribution in [3.63, 3.8) is 0 Å². The van der Waals surface area contributed by atoms with Gasteiger partial charge in [0.1, 0.15) is 6.61 Å². The number of methoxy groups -OCH3 is 2. The van der Waals surface area contributed by atoms with Gasteiger partial charge in [-0.05, 0) is 76.0 Å². The summed E-state index contributed by atoms with van der Waals surface area (Å²) in [6.45, 7) is 6.02. The van der Waals surface area contributed by atoms with Gasteiger partial charge in [0.2, 0.25) is 15.9 Å². The number of likely N-dealkylation sites (tertiary alicyclic amines) is 1. The van der Waals surface area contributed by atoms with Gasteiger partial charge in [0.25, 0.3) is 0 Å². The Morgan fingerprint density at radius 1 is 1.13 bits per heavy atom. The van der Waals surface area contributed by atoms with Gasteiger partial charge in [-0.25, -0.2) is 13.4 Å². The lowest BCUT2D eigenvalue weighted by molar-refractivity contribution is -0.145. The van der Waals surface area contributed by atoms with Crippen LogP contribution in [0.15, 0.2) is 42.5 Å². The molecule has 0 bridgehead atoms. The Bertz CT molecular complexity index is 1320. The van der Waals surface area contributed by atoms with Crippen molar-refractivity contribution in [1.29, 1.82) is 0 Å². The molecule has 10 heteroatoms. The number of sulfonamides is 1. The van der Waals surface area contributed by atoms with Gasteiger partial charge in [-0.2, -0.15) is 4.31 Å². The third-order valence-electron chi connectivity index (χ3n) is 7.82. The summed E-state index contributed by atoms with van der Waals surface area (Å²) in [5, 5.41) is 0. The number of ether oxygens (including phenoxy) is 3. The van der Waals surface area contributed by atoms with Crippen LogP contribution in [0, 0.1) is 6.92 Å². The molecule has 0 spiro atoms. The van der Waals surface area contributed by atoms with Crippen LogP contribution in [-0.4, -0.2) is 93.5 Å². The quantitative estimate of drug-likeness (QED) is 0.432. The van der Waals surface area contributed by atoms with Crippen LogP contribution in [0.3, 0.4) is 0 Å². The second-order valence-electron chi connectivity index (χ2n) is 10.4. The number of hydrogen-bond donors (Lipinski definition) is 0. The van der Waals surface area contributed by atoms with Crippen molar-refractivity contribution in [1.82, 2.24) is 14.2 Å². The first-order chi connectivity index (χ1) is 18.6. The summed E-state index contributed by atoms with van der Waals surface area (Å²) < 4.78 is 43.4. The van der Waals surface area contributed by atoms with Crippen LogP contribution in [0.25, 0.3) is 16.8 Å². The van der Waals surface area contributed by atoms with E-state index in [-0.39, 0.29) is 25.5 Å². The van der Waals surface area contributed by atoms with Crippen LogP contribution in [0.1, 0.15) is 37.3 Å². The minimum absolute atomic E-state index is 0.0264. The fraction of sp³-hybridized carbons (Fsp3) is 0.517. The smallest absolute Gasteiger partial charge is 0.328 e. The van der Waals surface area contributed by atoms with Crippen molar-refractivity contribution in [3.8, 4) is 17.1 Å². The molecule has 0 N–H and O–H groups in total. The summed E-state index contributed by atoms with van der Waals surface area (Å²) in [6, 6.07) is 11.9. The lowest BCUT2D eigenvalue weighted by Gasteiger charge is -2.41. The van der Waals surface area contributed by atoms with E-state index in [0.717, 1.165) is 28.0 Å². The Labute approximate surface area is 231 Å². The fourth-order valence-corrected chi connectivity index (χ4v) is 7.27. The van der Waals surface area contributed by atoms with Crippen molar-refractivity contribution in [3.05, 3.63) is 53.6 Å². The second kappa shape index (κ2) is 12.2. The van der Waals surface area contributed by atoms with E-state index in [1.54, 1.807) is 7.11 Å². The van der Waals surface area contributed by atoms with Gasteiger partial charge in [0.15, 0.2) is 4.75 Å². The highest BCUT2D eigenvalue weighted by Crippen LogP contribution is 2.36. The molecule has 1 fully saturated rings. The van der Waals surface area contributed by atoms with E-state index in [4.69, 9.17) is 14.2 Å². The van der Waals surface area contributed by atoms with E-state index in [1.807, 2.05) is 62.2 Å². The van der Waals surface area contributed by atoms with Crippen LogP contribution in [0.2, 0.25) is 0 Å². The van der Waals surface area contributed by atoms with Crippen molar-refractivity contribution in [2.75, 3.05) is 54.1 Å². The number of pyridine rings is 1. The Kier molecular flexibility index (Phi) is 9.10. The molecule has 9 nitrogen and oxygen atoms in total. The van der Waals surface area contributed by atoms with Crippen molar-refractivity contribution < 1.29 is 27.4 Å². The molecule has 2 aliphatic rings. The molecule has 1 atom stereocenters. The van der Waals surface area contributed by atoms with E-state index in [0.29, 0.717) is 38.5 Å². The zero-order valence-corrected chi connectivity index (χ0v) is 24.3. The largest absolute Gasteiger partial charge is 0.475 e. The van der Waals surface area contributed by atoms with E-state index in [1.165, 1.54) is 11.4 Å². The third-order valence-corrected chi connectivity index (χ3v) is 10.4. The van der Waals surface area contributed by atoms with Crippen LogP contribution in [0.4, 0.5) is 0 Å². The molecule has 1 saturated heterocycles. The molecular formula is C29H39N3O6S. The first-order valence-electron chi connectivity index (χ1n) is 13.3. The highest BCUT2D eigenvalue weighted by molar-refractivity contribution is 7.91. The lowest BCUT2D eigenvalue weighted by Crippen LogP contribution is -2.59. The molecule has 2 aromatic rings. The molecule has 3 heterocycles. The number of aromatic nitrogens is 1. The van der Waals surface area contributed by atoms with E-state index in [9.17, 15) is 13.2 Å². The van der Waals surface area contributed by atoms with E-state index < -0.39 is 20.7 Å². The third kappa shape index (κ3) is 6.04. The number of benzene rings is 1. The Hall–Kier alpha value is -2.79. The van der Waals surface area contributed by atoms with Gasteiger partial charge in [-0.1, -0.05) is 30.3 Å².